The molecule has 3 heterocycles. The molecular formula is C15H22N6O2S. The molecule has 0 saturated carbocycles. The van der Waals surface area contributed by atoms with Gasteiger partial charge in [-0.25, -0.2) is 4.52 Å². The van der Waals surface area contributed by atoms with Crippen LogP contribution in [0.5, 0.6) is 0 Å². The van der Waals surface area contributed by atoms with Crippen molar-refractivity contribution in [1.29, 1.82) is 0 Å². The van der Waals surface area contributed by atoms with E-state index < -0.39 is 0 Å². The lowest BCUT2D eigenvalue weighted by Gasteiger charge is -2.17. The summed E-state index contributed by atoms with van der Waals surface area (Å²) in [5, 5.41) is 8.97. The molecule has 1 fully saturated rings. The lowest BCUT2D eigenvalue weighted by atomic mass is 10.1. The number of hydrogen-bond acceptors (Lipinski definition) is 6. The largest absolute Gasteiger partial charge is 0.342 e. The number of aromatic nitrogens is 3. The summed E-state index contributed by atoms with van der Waals surface area (Å²) in [5.74, 6) is -0.175. The molecule has 8 nitrogen and oxygen atoms in total. The van der Waals surface area contributed by atoms with Crippen molar-refractivity contribution in [3.8, 4) is 0 Å². The first-order valence-corrected chi connectivity index (χ1v) is 8.86. The van der Waals surface area contributed by atoms with Gasteiger partial charge in [0.15, 0.2) is 0 Å². The molecule has 0 aromatic carbocycles. The molecule has 2 aromatic heterocycles. The van der Waals surface area contributed by atoms with E-state index in [0.29, 0.717) is 19.0 Å². The number of aryl methyl sites for hydroxylation is 1. The quantitative estimate of drug-likeness (QED) is 0.835. The first kappa shape index (κ1) is 16.8. The predicted octanol–water partition coefficient (Wildman–Crippen LogP) is 0.838. The number of rotatable bonds is 6. The molecular weight excluding hydrogens is 328 g/mol. The maximum atomic E-state index is 12.4. The number of fused-ring (bicyclic) bond motifs is 1. The molecule has 1 atom stereocenters. The highest BCUT2D eigenvalue weighted by Gasteiger charge is 2.34. The SMILES string of the molecule is Cc1csc2nc(NC(=O)C3CC(=O)N(CCCN(C)C)C3)nn12. The topological polar surface area (TPSA) is 82.8 Å². The number of anilines is 1. The molecule has 24 heavy (non-hydrogen) atoms. The minimum absolute atomic E-state index is 0.0449. The fourth-order valence-corrected chi connectivity index (χ4v) is 3.60. The number of carbonyl (C=O) groups excluding carboxylic acids is 2. The van der Waals surface area contributed by atoms with Crippen molar-refractivity contribution in [2.45, 2.75) is 19.8 Å². The molecule has 0 bridgehead atoms. The van der Waals surface area contributed by atoms with Crippen LogP contribution in [0.2, 0.25) is 0 Å². The molecule has 3 rings (SSSR count). The third kappa shape index (κ3) is 3.57. The zero-order chi connectivity index (χ0) is 17.3. The lowest BCUT2D eigenvalue weighted by Crippen LogP contribution is -2.30. The molecule has 0 aliphatic carbocycles. The number of likely N-dealkylation sites (tertiary alicyclic amines) is 1. The Morgan fingerprint density at radius 1 is 1.50 bits per heavy atom. The molecule has 1 aliphatic rings. The summed E-state index contributed by atoms with van der Waals surface area (Å²) in [7, 11) is 4.01. The number of amides is 2. The maximum absolute atomic E-state index is 12.4. The predicted molar refractivity (Wildman–Crippen MR) is 92.1 cm³/mol. The molecule has 130 valence electrons. The Labute approximate surface area is 144 Å². The standard InChI is InChI=1S/C15H22N6O2S/c1-10-9-24-15-17-14(18-21(10)15)16-13(23)11-7-12(22)20(8-11)6-4-5-19(2)3/h9,11H,4-8H2,1-3H3,(H,16,18,23). The summed E-state index contributed by atoms with van der Waals surface area (Å²) in [5.41, 5.74) is 0.978. The van der Waals surface area contributed by atoms with E-state index in [-0.39, 0.29) is 24.2 Å². The van der Waals surface area contributed by atoms with E-state index in [9.17, 15) is 9.59 Å². The second kappa shape index (κ2) is 6.86. The Morgan fingerprint density at radius 2 is 2.29 bits per heavy atom. The summed E-state index contributed by atoms with van der Waals surface area (Å²) in [6, 6.07) is 0. The van der Waals surface area contributed by atoms with Crippen LogP contribution in [0.1, 0.15) is 18.5 Å². The Balaban J connectivity index is 1.56. The smallest absolute Gasteiger partial charge is 0.250 e. The van der Waals surface area contributed by atoms with Crippen molar-refractivity contribution in [1.82, 2.24) is 24.4 Å². The number of carbonyl (C=O) groups is 2. The van der Waals surface area contributed by atoms with Gasteiger partial charge in [0.05, 0.1) is 11.6 Å². The fourth-order valence-electron chi connectivity index (χ4n) is 2.80. The van der Waals surface area contributed by atoms with Crippen LogP contribution in [0.25, 0.3) is 4.96 Å². The minimum atomic E-state index is -0.334. The van der Waals surface area contributed by atoms with Gasteiger partial charge in [-0.2, -0.15) is 4.98 Å². The normalized spacial score (nSPS) is 18.1. The van der Waals surface area contributed by atoms with Gasteiger partial charge < -0.3 is 9.80 Å². The molecule has 2 amide bonds. The van der Waals surface area contributed by atoms with E-state index >= 15 is 0 Å². The third-order valence-corrected chi connectivity index (χ3v) is 5.03. The Hall–Kier alpha value is -2.00. The lowest BCUT2D eigenvalue weighted by molar-refractivity contribution is -0.128. The van der Waals surface area contributed by atoms with Gasteiger partial charge in [-0.05, 0) is 34.0 Å². The monoisotopic (exact) mass is 350 g/mol. The average Bonchev–Trinajstić information content (AvgIpc) is 3.17. The van der Waals surface area contributed by atoms with Crippen LogP contribution in [0.3, 0.4) is 0 Å². The van der Waals surface area contributed by atoms with Crippen LogP contribution in [0, 0.1) is 12.8 Å². The summed E-state index contributed by atoms with van der Waals surface area (Å²) in [4.78, 5) is 33.3. The third-order valence-electron chi connectivity index (χ3n) is 4.10. The maximum Gasteiger partial charge on any atom is 0.250 e. The van der Waals surface area contributed by atoms with Crippen molar-refractivity contribution in [3.63, 3.8) is 0 Å². The van der Waals surface area contributed by atoms with Crippen LogP contribution in [-0.2, 0) is 9.59 Å². The van der Waals surface area contributed by atoms with E-state index in [1.807, 2.05) is 26.4 Å². The Kier molecular flexibility index (Phi) is 4.81. The molecule has 0 spiro atoms. The minimum Gasteiger partial charge on any atom is -0.342 e. The molecule has 1 aliphatic heterocycles. The van der Waals surface area contributed by atoms with Gasteiger partial charge in [0, 0.05) is 24.9 Å². The van der Waals surface area contributed by atoms with E-state index in [1.54, 1.807) is 9.42 Å². The highest BCUT2D eigenvalue weighted by atomic mass is 32.1. The number of thiazole rings is 1. The second-order valence-electron chi connectivity index (χ2n) is 6.39. The molecule has 1 N–H and O–H groups in total. The molecule has 1 unspecified atom stereocenters. The van der Waals surface area contributed by atoms with Crippen LogP contribution >= 0.6 is 11.3 Å². The summed E-state index contributed by atoms with van der Waals surface area (Å²) >= 11 is 1.48. The summed E-state index contributed by atoms with van der Waals surface area (Å²) in [6.07, 6.45) is 1.17. The first-order chi connectivity index (χ1) is 11.4. The van der Waals surface area contributed by atoms with E-state index in [0.717, 1.165) is 23.6 Å². The van der Waals surface area contributed by atoms with E-state index in [1.165, 1.54) is 11.3 Å². The average molecular weight is 350 g/mol. The summed E-state index contributed by atoms with van der Waals surface area (Å²) < 4.78 is 1.70. The Bertz CT molecular complexity index is 752. The first-order valence-electron chi connectivity index (χ1n) is 7.98. The van der Waals surface area contributed by atoms with Gasteiger partial charge in [0.1, 0.15) is 0 Å². The fraction of sp³-hybridized carbons (Fsp3) is 0.600. The number of nitrogens with one attached hydrogen (secondary N) is 1. The van der Waals surface area contributed by atoms with Gasteiger partial charge in [0.25, 0.3) is 0 Å². The van der Waals surface area contributed by atoms with Crippen molar-refractivity contribution >= 4 is 34.1 Å². The second-order valence-corrected chi connectivity index (χ2v) is 7.23. The molecule has 0 radical (unpaired) electrons. The highest BCUT2D eigenvalue weighted by Crippen LogP contribution is 2.20. The molecule has 2 aromatic rings. The molecule has 9 heteroatoms. The van der Waals surface area contributed by atoms with E-state index in [4.69, 9.17) is 0 Å². The van der Waals surface area contributed by atoms with Gasteiger partial charge >= 0.3 is 0 Å². The number of hydrogen-bond donors (Lipinski definition) is 1. The van der Waals surface area contributed by atoms with Crippen LogP contribution in [-0.4, -0.2) is 69.9 Å². The van der Waals surface area contributed by atoms with Crippen molar-refractivity contribution in [2.75, 3.05) is 39.0 Å². The van der Waals surface area contributed by atoms with Crippen LogP contribution in [0.4, 0.5) is 5.95 Å². The molecule has 1 saturated heterocycles. The van der Waals surface area contributed by atoms with Crippen LogP contribution < -0.4 is 5.32 Å². The van der Waals surface area contributed by atoms with E-state index in [2.05, 4.69) is 20.3 Å². The van der Waals surface area contributed by atoms with Crippen LogP contribution in [0.15, 0.2) is 5.38 Å². The van der Waals surface area contributed by atoms with Crippen molar-refractivity contribution in [3.05, 3.63) is 11.1 Å². The summed E-state index contributed by atoms with van der Waals surface area (Å²) in [6.45, 7) is 4.03. The zero-order valence-electron chi connectivity index (χ0n) is 14.2. The number of nitrogens with zero attached hydrogens (tertiary/aromatic N) is 5. The van der Waals surface area contributed by atoms with Gasteiger partial charge in [-0.15, -0.1) is 16.4 Å². The van der Waals surface area contributed by atoms with Gasteiger partial charge in [-0.3, -0.25) is 14.9 Å². The van der Waals surface area contributed by atoms with Gasteiger partial charge in [-0.1, -0.05) is 0 Å². The Morgan fingerprint density at radius 3 is 3.00 bits per heavy atom. The van der Waals surface area contributed by atoms with Crippen molar-refractivity contribution in [2.24, 2.45) is 5.92 Å². The van der Waals surface area contributed by atoms with Crippen molar-refractivity contribution < 1.29 is 9.59 Å². The zero-order valence-corrected chi connectivity index (χ0v) is 15.0. The highest BCUT2D eigenvalue weighted by molar-refractivity contribution is 7.15. The van der Waals surface area contributed by atoms with Gasteiger partial charge in [0.2, 0.25) is 22.7 Å².